The number of hydrogen-bond acceptors (Lipinski definition) is 4. The van der Waals surface area contributed by atoms with E-state index < -0.39 is 5.60 Å². The molecule has 0 heterocycles. The van der Waals surface area contributed by atoms with E-state index in [0.29, 0.717) is 12.5 Å². The smallest absolute Gasteiger partial charge is 0.123 e. The monoisotopic (exact) mass is 400 g/mol. The van der Waals surface area contributed by atoms with Crippen molar-refractivity contribution >= 4 is 0 Å². The van der Waals surface area contributed by atoms with E-state index in [-0.39, 0.29) is 13.2 Å². The van der Waals surface area contributed by atoms with Crippen molar-refractivity contribution in [2.75, 3.05) is 0 Å². The van der Waals surface area contributed by atoms with Gasteiger partial charge in [0.2, 0.25) is 0 Å². The number of para-hydroxylation sites is 1. The molecule has 0 aromatic heterocycles. The zero-order chi connectivity index (χ0) is 21.3. The lowest BCUT2D eigenvalue weighted by molar-refractivity contribution is 0.0209. The molecule has 4 nitrogen and oxygen atoms in total. The van der Waals surface area contributed by atoms with E-state index >= 15 is 0 Å². The summed E-state index contributed by atoms with van der Waals surface area (Å²) in [5, 5.41) is 29.3. The van der Waals surface area contributed by atoms with E-state index in [4.69, 9.17) is 4.74 Å². The summed E-state index contributed by atoms with van der Waals surface area (Å²) in [6.45, 7) is 6.53. The van der Waals surface area contributed by atoms with Gasteiger partial charge >= 0.3 is 0 Å². The fourth-order valence-corrected chi connectivity index (χ4v) is 3.75. The Morgan fingerprint density at radius 1 is 0.966 bits per heavy atom. The SMILES string of the molecule is CCC(O)(CC)CCCC(C)c1ccccc1OCc1ccc(CO)c(CO)c1. The Hall–Kier alpha value is -1.88. The minimum Gasteiger partial charge on any atom is -0.489 e. The molecule has 0 aliphatic heterocycles. The maximum Gasteiger partial charge on any atom is 0.123 e. The summed E-state index contributed by atoms with van der Waals surface area (Å²) in [5.74, 6) is 1.21. The minimum atomic E-state index is -0.541. The van der Waals surface area contributed by atoms with Crippen LogP contribution in [0.2, 0.25) is 0 Å². The predicted molar refractivity (Wildman–Crippen MR) is 117 cm³/mol. The zero-order valence-electron chi connectivity index (χ0n) is 18.0. The van der Waals surface area contributed by atoms with Crippen LogP contribution in [-0.4, -0.2) is 20.9 Å². The second-order valence-electron chi connectivity index (χ2n) is 7.97. The molecule has 4 heteroatoms. The standard InChI is InChI=1S/C25H36O4/c1-4-25(28,5-2)14-8-9-19(3)23-10-6-7-11-24(23)29-18-20-12-13-21(16-26)22(15-20)17-27/h6-7,10-13,15,19,26-28H,4-5,8-9,14,16-18H2,1-3H3. The van der Waals surface area contributed by atoms with Crippen LogP contribution in [0.5, 0.6) is 5.75 Å². The van der Waals surface area contributed by atoms with Crippen LogP contribution in [0.1, 0.15) is 81.0 Å². The first kappa shape index (κ1) is 23.4. The van der Waals surface area contributed by atoms with Crippen molar-refractivity contribution in [2.24, 2.45) is 0 Å². The van der Waals surface area contributed by atoms with Crippen LogP contribution >= 0.6 is 0 Å². The largest absolute Gasteiger partial charge is 0.489 e. The zero-order valence-corrected chi connectivity index (χ0v) is 18.0. The Kier molecular flexibility index (Phi) is 9.15. The summed E-state index contributed by atoms with van der Waals surface area (Å²) in [7, 11) is 0. The average molecular weight is 401 g/mol. The van der Waals surface area contributed by atoms with Crippen molar-refractivity contribution in [3.05, 3.63) is 64.7 Å². The molecule has 0 spiro atoms. The summed E-state index contributed by atoms with van der Waals surface area (Å²) in [5.41, 5.74) is 3.07. The predicted octanol–water partition coefficient (Wildman–Crippen LogP) is 5.08. The molecule has 0 aliphatic rings. The Morgan fingerprint density at radius 3 is 2.31 bits per heavy atom. The summed E-state index contributed by atoms with van der Waals surface area (Å²) >= 11 is 0. The first-order chi connectivity index (χ1) is 14.0. The highest BCUT2D eigenvalue weighted by Gasteiger charge is 2.22. The van der Waals surface area contributed by atoms with E-state index in [9.17, 15) is 15.3 Å². The summed E-state index contributed by atoms with van der Waals surface area (Å²) in [6.07, 6.45) is 4.40. The molecule has 1 unspecified atom stereocenters. The fraction of sp³-hybridized carbons (Fsp3) is 0.520. The number of aliphatic hydroxyl groups is 3. The van der Waals surface area contributed by atoms with Gasteiger partial charge in [0.15, 0.2) is 0 Å². The Balaban J connectivity index is 2.01. The van der Waals surface area contributed by atoms with E-state index in [1.165, 1.54) is 5.56 Å². The minimum absolute atomic E-state index is 0.0808. The van der Waals surface area contributed by atoms with Crippen LogP contribution in [0.4, 0.5) is 0 Å². The van der Waals surface area contributed by atoms with Crippen molar-refractivity contribution in [3.8, 4) is 5.75 Å². The number of ether oxygens (including phenoxy) is 1. The lowest BCUT2D eigenvalue weighted by Gasteiger charge is -2.26. The van der Waals surface area contributed by atoms with E-state index in [1.807, 2.05) is 50.2 Å². The maximum atomic E-state index is 10.5. The number of rotatable bonds is 12. The second kappa shape index (κ2) is 11.3. The molecule has 1 atom stereocenters. The van der Waals surface area contributed by atoms with Crippen molar-refractivity contribution in [1.29, 1.82) is 0 Å². The van der Waals surface area contributed by atoms with Crippen molar-refractivity contribution in [3.63, 3.8) is 0 Å². The lowest BCUT2D eigenvalue weighted by Crippen LogP contribution is -2.26. The molecule has 0 amide bonds. The lowest BCUT2D eigenvalue weighted by atomic mass is 9.87. The molecular formula is C25H36O4. The maximum absolute atomic E-state index is 10.5. The second-order valence-corrected chi connectivity index (χ2v) is 7.97. The van der Waals surface area contributed by atoms with Gasteiger partial charge in [-0.15, -0.1) is 0 Å². The van der Waals surface area contributed by atoms with Crippen molar-refractivity contribution in [2.45, 2.75) is 84.2 Å². The van der Waals surface area contributed by atoms with E-state index in [2.05, 4.69) is 13.0 Å². The van der Waals surface area contributed by atoms with Crippen molar-refractivity contribution in [1.82, 2.24) is 0 Å². The Bertz CT molecular complexity index is 752. The Morgan fingerprint density at radius 2 is 1.66 bits per heavy atom. The van der Waals surface area contributed by atoms with Crippen LogP contribution in [0.3, 0.4) is 0 Å². The fourth-order valence-electron chi connectivity index (χ4n) is 3.75. The summed E-state index contributed by atoms with van der Waals surface area (Å²) in [6, 6.07) is 13.8. The molecule has 3 N–H and O–H groups in total. The molecule has 0 saturated heterocycles. The first-order valence-electron chi connectivity index (χ1n) is 10.7. The molecule has 0 aliphatic carbocycles. The third-order valence-corrected chi connectivity index (χ3v) is 6.05. The van der Waals surface area contributed by atoms with Gasteiger partial charge in [0.1, 0.15) is 12.4 Å². The molecule has 0 radical (unpaired) electrons. The van der Waals surface area contributed by atoms with Gasteiger partial charge in [-0.2, -0.15) is 0 Å². The van der Waals surface area contributed by atoms with Crippen LogP contribution in [-0.2, 0) is 19.8 Å². The highest BCUT2D eigenvalue weighted by Crippen LogP contribution is 2.32. The molecule has 2 rings (SSSR count). The van der Waals surface area contributed by atoms with Crippen LogP contribution in [0.25, 0.3) is 0 Å². The first-order valence-corrected chi connectivity index (χ1v) is 10.7. The third kappa shape index (κ3) is 6.56. The highest BCUT2D eigenvalue weighted by atomic mass is 16.5. The molecule has 160 valence electrons. The van der Waals surface area contributed by atoms with E-state index in [1.54, 1.807) is 0 Å². The van der Waals surface area contributed by atoms with Crippen LogP contribution < -0.4 is 4.74 Å². The molecule has 0 bridgehead atoms. The van der Waals surface area contributed by atoms with Gasteiger partial charge in [-0.05, 0) is 72.4 Å². The van der Waals surface area contributed by atoms with Gasteiger partial charge < -0.3 is 20.1 Å². The quantitative estimate of drug-likeness (QED) is 0.465. The normalized spacial score (nSPS) is 12.8. The molecule has 2 aromatic carbocycles. The number of hydrogen-bond donors (Lipinski definition) is 3. The van der Waals surface area contributed by atoms with Crippen LogP contribution in [0, 0.1) is 0 Å². The molecule has 29 heavy (non-hydrogen) atoms. The molecule has 2 aromatic rings. The molecular weight excluding hydrogens is 364 g/mol. The highest BCUT2D eigenvalue weighted by molar-refractivity contribution is 5.37. The Labute approximate surface area is 175 Å². The van der Waals surface area contributed by atoms with Gasteiger partial charge in [0.25, 0.3) is 0 Å². The van der Waals surface area contributed by atoms with Crippen molar-refractivity contribution < 1.29 is 20.1 Å². The topological polar surface area (TPSA) is 69.9 Å². The molecule has 0 saturated carbocycles. The van der Waals surface area contributed by atoms with Crippen LogP contribution in [0.15, 0.2) is 42.5 Å². The number of benzene rings is 2. The van der Waals surface area contributed by atoms with Gasteiger partial charge in [0.05, 0.1) is 18.8 Å². The molecule has 0 fully saturated rings. The van der Waals surface area contributed by atoms with E-state index in [0.717, 1.165) is 54.5 Å². The van der Waals surface area contributed by atoms with Gasteiger partial charge in [-0.3, -0.25) is 0 Å². The number of aliphatic hydroxyl groups excluding tert-OH is 2. The third-order valence-electron chi connectivity index (χ3n) is 6.05. The summed E-state index contributed by atoms with van der Waals surface area (Å²) in [4.78, 5) is 0. The van der Waals surface area contributed by atoms with Gasteiger partial charge in [-0.25, -0.2) is 0 Å². The van der Waals surface area contributed by atoms with Gasteiger partial charge in [-0.1, -0.05) is 51.1 Å². The average Bonchev–Trinajstić information content (AvgIpc) is 2.77. The van der Waals surface area contributed by atoms with Gasteiger partial charge in [0, 0.05) is 0 Å². The summed E-state index contributed by atoms with van der Waals surface area (Å²) < 4.78 is 6.11.